The van der Waals surface area contributed by atoms with E-state index in [0.717, 1.165) is 12.1 Å². The van der Waals surface area contributed by atoms with Gasteiger partial charge < -0.3 is 20.3 Å². The molecule has 1 aromatic carbocycles. The van der Waals surface area contributed by atoms with Crippen molar-refractivity contribution < 1.29 is 14.3 Å². The Morgan fingerprint density at radius 3 is 2.96 bits per heavy atom. The standard InChI is InChI=1S/C18H21N5O3/c1-22-9-11(6-20-22)13-7-19-8-14(13)18(25)21-12-3-4-16-15(5-12)23(2)17(24)10-26-16/h3-6,9,13-14,19H,7-8,10H2,1-2H3,(H,21,25)/t13-,14+/m1/s1. The molecule has 2 aromatic rings. The molecule has 2 N–H and O–H groups in total. The quantitative estimate of drug-likeness (QED) is 0.847. The molecule has 26 heavy (non-hydrogen) atoms. The fraction of sp³-hybridized carbons (Fsp3) is 0.389. The molecular formula is C18H21N5O3. The van der Waals surface area contributed by atoms with Gasteiger partial charge in [0.05, 0.1) is 17.8 Å². The van der Waals surface area contributed by atoms with E-state index in [1.165, 1.54) is 0 Å². The predicted octanol–water partition coefficient (Wildman–Crippen LogP) is 0.717. The number of ether oxygens (including phenoxy) is 1. The molecule has 2 amide bonds. The number of aromatic nitrogens is 2. The van der Waals surface area contributed by atoms with Crippen molar-refractivity contribution in [1.29, 1.82) is 0 Å². The third-order valence-electron chi connectivity index (χ3n) is 5.02. The topological polar surface area (TPSA) is 88.5 Å². The number of likely N-dealkylation sites (N-methyl/N-ethyl adjacent to an activating group) is 1. The Balaban J connectivity index is 1.52. The number of fused-ring (bicyclic) bond motifs is 1. The van der Waals surface area contributed by atoms with Crippen LogP contribution < -0.4 is 20.3 Å². The third kappa shape index (κ3) is 2.92. The minimum atomic E-state index is -0.175. The average molecular weight is 355 g/mol. The highest BCUT2D eigenvalue weighted by Gasteiger charge is 2.35. The molecule has 0 aliphatic carbocycles. The van der Waals surface area contributed by atoms with E-state index in [2.05, 4.69) is 15.7 Å². The van der Waals surface area contributed by atoms with Crippen LogP contribution in [0.3, 0.4) is 0 Å². The van der Waals surface area contributed by atoms with E-state index >= 15 is 0 Å². The minimum absolute atomic E-state index is 0.0374. The summed E-state index contributed by atoms with van der Waals surface area (Å²) >= 11 is 0. The van der Waals surface area contributed by atoms with Crippen molar-refractivity contribution >= 4 is 23.2 Å². The summed E-state index contributed by atoms with van der Waals surface area (Å²) in [5.74, 6) is 0.396. The molecule has 136 valence electrons. The maximum Gasteiger partial charge on any atom is 0.264 e. The monoisotopic (exact) mass is 355 g/mol. The first-order chi connectivity index (χ1) is 12.5. The van der Waals surface area contributed by atoms with E-state index in [4.69, 9.17) is 4.74 Å². The number of hydrogen-bond donors (Lipinski definition) is 2. The Bertz CT molecular complexity index is 862. The number of nitrogens with zero attached hydrogens (tertiary/aromatic N) is 3. The van der Waals surface area contributed by atoms with Crippen molar-refractivity contribution in [2.75, 3.05) is 37.0 Å². The summed E-state index contributed by atoms with van der Waals surface area (Å²) in [6.07, 6.45) is 3.77. The summed E-state index contributed by atoms with van der Waals surface area (Å²) in [5, 5.41) is 10.5. The molecule has 1 aromatic heterocycles. The number of nitrogens with one attached hydrogen (secondary N) is 2. The normalized spacial score (nSPS) is 22.1. The molecule has 0 spiro atoms. The Morgan fingerprint density at radius 2 is 2.19 bits per heavy atom. The van der Waals surface area contributed by atoms with Gasteiger partial charge in [0, 0.05) is 45.0 Å². The first-order valence-electron chi connectivity index (χ1n) is 8.56. The lowest BCUT2D eigenvalue weighted by molar-refractivity contribution is -0.121. The van der Waals surface area contributed by atoms with Gasteiger partial charge in [-0.2, -0.15) is 5.10 Å². The first-order valence-corrected chi connectivity index (χ1v) is 8.56. The van der Waals surface area contributed by atoms with Gasteiger partial charge in [-0.25, -0.2) is 0 Å². The Morgan fingerprint density at radius 1 is 1.35 bits per heavy atom. The zero-order valence-corrected chi connectivity index (χ0v) is 14.7. The molecule has 0 saturated carbocycles. The summed E-state index contributed by atoms with van der Waals surface area (Å²) < 4.78 is 7.17. The zero-order chi connectivity index (χ0) is 18.3. The minimum Gasteiger partial charge on any atom is -0.482 e. The van der Waals surface area contributed by atoms with E-state index in [9.17, 15) is 9.59 Å². The highest BCUT2D eigenvalue weighted by molar-refractivity contribution is 5.99. The van der Waals surface area contributed by atoms with Crippen molar-refractivity contribution in [3.8, 4) is 5.75 Å². The number of hydrogen-bond acceptors (Lipinski definition) is 5. The van der Waals surface area contributed by atoms with Gasteiger partial charge in [-0.15, -0.1) is 0 Å². The van der Waals surface area contributed by atoms with Gasteiger partial charge in [0.2, 0.25) is 5.91 Å². The second-order valence-electron chi connectivity index (χ2n) is 6.73. The molecule has 8 nitrogen and oxygen atoms in total. The highest BCUT2D eigenvalue weighted by Crippen LogP contribution is 2.34. The van der Waals surface area contributed by atoms with Gasteiger partial charge in [-0.05, 0) is 23.8 Å². The molecule has 2 aliphatic rings. The van der Waals surface area contributed by atoms with Crippen molar-refractivity contribution in [2.45, 2.75) is 5.92 Å². The summed E-state index contributed by atoms with van der Waals surface area (Å²) in [7, 11) is 3.57. The van der Waals surface area contributed by atoms with E-state index in [0.29, 0.717) is 23.7 Å². The molecule has 1 saturated heterocycles. The molecule has 0 radical (unpaired) electrons. The second-order valence-corrected chi connectivity index (χ2v) is 6.73. The van der Waals surface area contributed by atoms with E-state index in [1.54, 1.807) is 34.8 Å². The molecular weight excluding hydrogens is 334 g/mol. The van der Waals surface area contributed by atoms with Crippen LogP contribution in [0.25, 0.3) is 0 Å². The SMILES string of the molecule is CN1C(=O)COc2ccc(NC(=O)[C@H]3CNC[C@@H]3c3cnn(C)c3)cc21. The van der Waals surface area contributed by atoms with Gasteiger partial charge in [-0.3, -0.25) is 14.3 Å². The lowest BCUT2D eigenvalue weighted by Gasteiger charge is -2.26. The predicted molar refractivity (Wildman–Crippen MR) is 96.3 cm³/mol. The molecule has 2 aliphatic heterocycles. The van der Waals surface area contributed by atoms with E-state index < -0.39 is 0 Å². The van der Waals surface area contributed by atoms with Crippen LogP contribution in [0.1, 0.15) is 11.5 Å². The van der Waals surface area contributed by atoms with Gasteiger partial charge in [0.15, 0.2) is 6.61 Å². The molecule has 1 fully saturated rings. The van der Waals surface area contributed by atoms with E-state index in [1.807, 2.05) is 19.4 Å². The smallest absolute Gasteiger partial charge is 0.264 e. The lowest BCUT2D eigenvalue weighted by atomic mass is 9.90. The number of carbonyl (C=O) groups excluding carboxylic acids is 2. The number of benzene rings is 1. The van der Waals surface area contributed by atoms with Crippen LogP contribution in [0.2, 0.25) is 0 Å². The summed E-state index contributed by atoms with van der Waals surface area (Å²) in [4.78, 5) is 26.2. The Labute approximate surface area is 151 Å². The number of aryl methyl sites for hydroxylation is 1. The number of amides is 2. The molecule has 0 bridgehead atoms. The second kappa shape index (κ2) is 6.45. The fourth-order valence-electron chi connectivity index (χ4n) is 3.52. The number of carbonyl (C=O) groups is 2. The average Bonchev–Trinajstić information content (AvgIpc) is 3.27. The van der Waals surface area contributed by atoms with Crippen molar-refractivity contribution in [2.24, 2.45) is 13.0 Å². The van der Waals surface area contributed by atoms with Gasteiger partial charge >= 0.3 is 0 Å². The number of rotatable bonds is 3. The maximum absolute atomic E-state index is 12.8. The molecule has 0 unspecified atom stereocenters. The van der Waals surface area contributed by atoms with Crippen LogP contribution in [0.15, 0.2) is 30.6 Å². The summed E-state index contributed by atoms with van der Waals surface area (Å²) in [5.41, 5.74) is 2.37. The van der Waals surface area contributed by atoms with E-state index in [-0.39, 0.29) is 30.3 Å². The van der Waals surface area contributed by atoms with Crippen molar-refractivity contribution in [3.63, 3.8) is 0 Å². The molecule has 3 heterocycles. The number of anilines is 2. The Kier molecular flexibility index (Phi) is 4.12. The largest absolute Gasteiger partial charge is 0.482 e. The lowest BCUT2D eigenvalue weighted by Crippen LogP contribution is -2.35. The maximum atomic E-state index is 12.8. The van der Waals surface area contributed by atoms with Crippen LogP contribution in [-0.2, 0) is 16.6 Å². The van der Waals surface area contributed by atoms with Crippen molar-refractivity contribution in [3.05, 3.63) is 36.2 Å². The van der Waals surface area contributed by atoms with Gasteiger partial charge in [0.1, 0.15) is 5.75 Å². The van der Waals surface area contributed by atoms with Crippen LogP contribution in [0.5, 0.6) is 5.75 Å². The van der Waals surface area contributed by atoms with Gasteiger partial charge in [0.25, 0.3) is 5.91 Å². The summed E-state index contributed by atoms with van der Waals surface area (Å²) in [6, 6.07) is 5.34. The van der Waals surface area contributed by atoms with Crippen LogP contribution in [0.4, 0.5) is 11.4 Å². The van der Waals surface area contributed by atoms with Crippen molar-refractivity contribution in [1.82, 2.24) is 15.1 Å². The molecule has 8 heteroatoms. The van der Waals surface area contributed by atoms with Crippen LogP contribution in [0, 0.1) is 5.92 Å². The molecule has 4 rings (SSSR count). The first kappa shape index (κ1) is 16.6. The molecule has 2 atom stereocenters. The highest BCUT2D eigenvalue weighted by atomic mass is 16.5. The third-order valence-corrected chi connectivity index (χ3v) is 5.02. The zero-order valence-electron chi connectivity index (χ0n) is 14.7. The van der Waals surface area contributed by atoms with Gasteiger partial charge in [-0.1, -0.05) is 0 Å². The summed E-state index contributed by atoms with van der Waals surface area (Å²) in [6.45, 7) is 1.41. The van der Waals surface area contributed by atoms with Crippen LogP contribution in [-0.4, -0.2) is 48.3 Å². The fourth-order valence-corrected chi connectivity index (χ4v) is 3.52. The van der Waals surface area contributed by atoms with Crippen LogP contribution >= 0.6 is 0 Å². The Hall–Kier alpha value is -2.87.